The van der Waals surface area contributed by atoms with Gasteiger partial charge in [-0.1, -0.05) is 30.0 Å². The third-order valence-corrected chi connectivity index (χ3v) is 5.63. The van der Waals surface area contributed by atoms with E-state index in [1.807, 2.05) is 23.8 Å². The van der Waals surface area contributed by atoms with Crippen LogP contribution in [0.15, 0.2) is 22.4 Å². The van der Waals surface area contributed by atoms with E-state index in [0.29, 0.717) is 21.4 Å². The van der Waals surface area contributed by atoms with Crippen LogP contribution in [-0.2, 0) is 9.59 Å². The van der Waals surface area contributed by atoms with Gasteiger partial charge in [-0.3, -0.25) is 9.69 Å². The molecule has 2 rings (SSSR count). The first-order chi connectivity index (χ1) is 10.0. The Kier molecular flexibility index (Phi) is 5.86. The van der Waals surface area contributed by atoms with Gasteiger partial charge in [-0.05, 0) is 36.0 Å². The fourth-order valence-electron chi connectivity index (χ4n) is 1.84. The number of carboxylic acids is 1. The van der Waals surface area contributed by atoms with Gasteiger partial charge in [0.25, 0.3) is 5.91 Å². The quantitative estimate of drug-likeness (QED) is 0.622. The number of hydrogen-bond acceptors (Lipinski definition) is 6. The van der Waals surface area contributed by atoms with Crippen molar-refractivity contribution in [3.63, 3.8) is 0 Å². The molecule has 1 amide bonds. The van der Waals surface area contributed by atoms with E-state index in [1.54, 1.807) is 17.8 Å². The smallest absolute Gasteiger partial charge is 0.326 e. The molecule has 21 heavy (non-hydrogen) atoms. The minimum Gasteiger partial charge on any atom is -0.480 e. The number of nitrogens with zero attached hydrogens (tertiary/aromatic N) is 1. The molecule has 0 radical (unpaired) electrons. The molecule has 4 nitrogen and oxygen atoms in total. The molecule has 2 heterocycles. The summed E-state index contributed by atoms with van der Waals surface area (Å²) in [6.45, 7) is 0. The molecule has 0 bridgehead atoms. The number of aliphatic carboxylic acids is 1. The van der Waals surface area contributed by atoms with E-state index in [0.717, 1.165) is 16.6 Å². The van der Waals surface area contributed by atoms with Gasteiger partial charge in [0.05, 0.1) is 4.91 Å². The van der Waals surface area contributed by atoms with Crippen LogP contribution in [0, 0.1) is 0 Å². The average molecular weight is 360 g/mol. The second kappa shape index (κ2) is 7.44. The van der Waals surface area contributed by atoms with Crippen molar-refractivity contribution in [2.45, 2.75) is 12.5 Å². The second-order valence-corrected chi connectivity index (χ2v) is 7.84. The van der Waals surface area contributed by atoms with Crippen molar-refractivity contribution in [2.75, 3.05) is 12.0 Å². The van der Waals surface area contributed by atoms with Crippen LogP contribution in [0.1, 0.15) is 11.3 Å². The summed E-state index contributed by atoms with van der Waals surface area (Å²) in [6, 6.07) is 2.91. The minimum absolute atomic E-state index is 0.313. The van der Waals surface area contributed by atoms with Crippen LogP contribution >= 0.6 is 47.1 Å². The van der Waals surface area contributed by atoms with E-state index >= 15 is 0 Å². The number of carbonyl (C=O) groups excluding carboxylic acids is 1. The number of carboxylic acid groups (broad SMARTS) is 1. The third kappa shape index (κ3) is 3.88. The monoisotopic (exact) mass is 359 g/mol. The van der Waals surface area contributed by atoms with E-state index in [9.17, 15) is 14.7 Å². The molecule has 0 saturated carbocycles. The van der Waals surface area contributed by atoms with Gasteiger partial charge in [0, 0.05) is 4.88 Å². The van der Waals surface area contributed by atoms with Crippen molar-refractivity contribution in [1.82, 2.24) is 4.90 Å². The summed E-state index contributed by atoms with van der Waals surface area (Å²) in [6.07, 6.45) is 4.05. The molecule has 1 saturated heterocycles. The fraction of sp³-hybridized carbons (Fsp3) is 0.308. The summed E-state index contributed by atoms with van der Waals surface area (Å²) < 4.78 is 0.316. The lowest BCUT2D eigenvalue weighted by atomic mass is 10.2. The van der Waals surface area contributed by atoms with Gasteiger partial charge >= 0.3 is 5.97 Å². The van der Waals surface area contributed by atoms with Crippen LogP contribution in [0.25, 0.3) is 6.08 Å². The largest absolute Gasteiger partial charge is 0.480 e. The summed E-state index contributed by atoms with van der Waals surface area (Å²) >= 11 is 9.43. The minimum atomic E-state index is -1.02. The zero-order chi connectivity index (χ0) is 15.4. The van der Waals surface area contributed by atoms with Gasteiger partial charge in [0.2, 0.25) is 0 Å². The first-order valence-corrected chi connectivity index (χ1v) is 9.56. The first-order valence-electron chi connectivity index (χ1n) is 6.07. The lowest BCUT2D eigenvalue weighted by Crippen LogP contribution is -2.44. The highest BCUT2D eigenvalue weighted by Gasteiger charge is 2.40. The maximum absolute atomic E-state index is 12.4. The van der Waals surface area contributed by atoms with E-state index in [4.69, 9.17) is 12.2 Å². The normalized spacial score (nSPS) is 18.5. The molecule has 1 atom stereocenters. The highest BCUT2D eigenvalue weighted by Crippen LogP contribution is 2.35. The molecule has 0 spiro atoms. The molecule has 1 aliphatic heterocycles. The second-order valence-electron chi connectivity index (χ2n) is 4.20. The number of thiocarbonyl (C=S) groups is 1. The van der Waals surface area contributed by atoms with Crippen LogP contribution in [0.4, 0.5) is 0 Å². The zero-order valence-corrected chi connectivity index (χ0v) is 14.4. The van der Waals surface area contributed by atoms with Crippen LogP contribution in [0.5, 0.6) is 0 Å². The summed E-state index contributed by atoms with van der Waals surface area (Å²) in [5.41, 5.74) is 0. The van der Waals surface area contributed by atoms with Gasteiger partial charge in [-0.25, -0.2) is 4.79 Å². The lowest BCUT2D eigenvalue weighted by molar-refractivity contribution is -0.145. The number of amides is 1. The van der Waals surface area contributed by atoms with E-state index in [1.165, 1.54) is 16.2 Å². The Morgan fingerprint density at radius 3 is 2.95 bits per heavy atom. The Balaban J connectivity index is 2.22. The van der Waals surface area contributed by atoms with Gasteiger partial charge in [-0.15, -0.1) is 11.3 Å². The maximum Gasteiger partial charge on any atom is 0.326 e. The number of thiophene rings is 1. The molecule has 1 aromatic heterocycles. The standard InChI is InChI=1S/C13H13NO3S4/c1-19-6-4-9(12(16)17)14-11(15)10(21-13(14)18)7-8-3-2-5-20-8/h2-3,5,7,9H,4,6H2,1H3,(H,16,17)/b10-7-/t9-/m1/s1. The van der Waals surface area contributed by atoms with Gasteiger partial charge in [0.1, 0.15) is 10.4 Å². The van der Waals surface area contributed by atoms with E-state index in [2.05, 4.69) is 0 Å². The molecular weight excluding hydrogens is 346 g/mol. The Hall–Kier alpha value is -0.830. The molecular formula is C13H13NO3S4. The first kappa shape index (κ1) is 16.5. The number of hydrogen-bond donors (Lipinski definition) is 1. The summed E-state index contributed by atoms with van der Waals surface area (Å²) in [7, 11) is 0. The van der Waals surface area contributed by atoms with Crippen molar-refractivity contribution in [1.29, 1.82) is 0 Å². The van der Waals surface area contributed by atoms with E-state index in [-0.39, 0.29) is 5.91 Å². The van der Waals surface area contributed by atoms with Crippen LogP contribution in [0.2, 0.25) is 0 Å². The summed E-state index contributed by atoms with van der Waals surface area (Å²) in [4.78, 5) is 26.5. The molecule has 1 aromatic rings. The van der Waals surface area contributed by atoms with Crippen molar-refractivity contribution in [2.24, 2.45) is 0 Å². The lowest BCUT2D eigenvalue weighted by Gasteiger charge is -2.22. The molecule has 1 aliphatic rings. The molecule has 0 unspecified atom stereocenters. The van der Waals surface area contributed by atoms with Crippen LogP contribution < -0.4 is 0 Å². The summed E-state index contributed by atoms with van der Waals surface area (Å²) in [5.74, 6) is -0.664. The topological polar surface area (TPSA) is 57.6 Å². The van der Waals surface area contributed by atoms with Gasteiger partial charge in [0.15, 0.2) is 0 Å². The fourth-order valence-corrected chi connectivity index (χ4v) is 4.38. The predicted molar refractivity (Wildman–Crippen MR) is 93.8 cm³/mol. The Morgan fingerprint density at radius 2 is 2.38 bits per heavy atom. The van der Waals surface area contributed by atoms with Crippen LogP contribution in [0.3, 0.4) is 0 Å². The molecule has 112 valence electrons. The van der Waals surface area contributed by atoms with Crippen molar-refractivity contribution >= 4 is 69.4 Å². The van der Waals surface area contributed by atoms with Gasteiger partial charge in [-0.2, -0.15) is 11.8 Å². The van der Waals surface area contributed by atoms with Crippen LogP contribution in [-0.4, -0.2) is 44.3 Å². The molecule has 8 heteroatoms. The number of rotatable bonds is 6. The highest BCUT2D eigenvalue weighted by atomic mass is 32.2. The third-order valence-electron chi connectivity index (χ3n) is 2.83. The molecule has 1 N–H and O–H groups in total. The molecule has 0 aliphatic carbocycles. The maximum atomic E-state index is 12.4. The number of thioether (sulfide) groups is 2. The SMILES string of the molecule is CSCC[C@H](C(=O)O)N1C(=O)/C(=C/c2cccs2)SC1=S. The molecule has 0 aromatic carbocycles. The predicted octanol–water partition coefficient (Wildman–Crippen LogP) is 3.16. The van der Waals surface area contributed by atoms with E-state index < -0.39 is 12.0 Å². The van der Waals surface area contributed by atoms with Crippen molar-refractivity contribution in [3.8, 4) is 0 Å². The molecule has 1 fully saturated rings. The van der Waals surface area contributed by atoms with Crippen molar-refractivity contribution < 1.29 is 14.7 Å². The summed E-state index contributed by atoms with van der Waals surface area (Å²) in [5, 5.41) is 11.3. The number of carbonyl (C=O) groups is 2. The average Bonchev–Trinajstić information content (AvgIpc) is 3.02. The Morgan fingerprint density at radius 1 is 1.62 bits per heavy atom. The Labute approximate surface area is 140 Å². The Bertz CT molecular complexity index is 582. The zero-order valence-electron chi connectivity index (χ0n) is 11.1. The van der Waals surface area contributed by atoms with Crippen molar-refractivity contribution in [3.05, 3.63) is 27.3 Å². The highest BCUT2D eigenvalue weighted by molar-refractivity contribution is 8.26. The van der Waals surface area contributed by atoms with Gasteiger partial charge < -0.3 is 5.11 Å².